The van der Waals surface area contributed by atoms with Gasteiger partial charge in [-0.2, -0.15) is 0 Å². The van der Waals surface area contributed by atoms with E-state index in [2.05, 4.69) is 55.9 Å². The molecule has 1 aromatic heterocycles. The summed E-state index contributed by atoms with van der Waals surface area (Å²) < 4.78 is 0. The number of likely N-dealkylation sites (N-methyl/N-ethyl adjacent to an activating group) is 1. The third-order valence-corrected chi connectivity index (χ3v) is 2.64. The van der Waals surface area contributed by atoms with Crippen LogP contribution in [0.5, 0.6) is 0 Å². The number of hydrogen-bond acceptors (Lipinski definition) is 2. The summed E-state index contributed by atoms with van der Waals surface area (Å²) in [5.74, 6) is 0. The van der Waals surface area contributed by atoms with E-state index < -0.39 is 0 Å². The van der Waals surface area contributed by atoms with Gasteiger partial charge in [0.25, 0.3) is 0 Å². The maximum absolute atomic E-state index is 4.03. The summed E-state index contributed by atoms with van der Waals surface area (Å²) in [6, 6.07) is 4.58. The lowest BCUT2D eigenvalue weighted by atomic mass is 10.1. The van der Waals surface area contributed by atoms with Crippen LogP contribution in [0.3, 0.4) is 0 Å². The molecule has 0 amide bonds. The van der Waals surface area contributed by atoms with Crippen molar-refractivity contribution in [2.45, 2.75) is 26.8 Å². The van der Waals surface area contributed by atoms with Gasteiger partial charge < -0.3 is 0 Å². The van der Waals surface area contributed by atoms with E-state index in [0.717, 1.165) is 6.54 Å². The number of nitrogens with zero attached hydrogens (tertiary/aromatic N) is 2. The van der Waals surface area contributed by atoms with Crippen LogP contribution in [-0.2, 0) is 0 Å². The molecule has 2 heteroatoms. The Hall–Kier alpha value is -1.15. The Morgan fingerprint density at radius 3 is 2.53 bits per heavy atom. The lowest BCUT2D eigenvalue weighted by Crippen LogP contribution is -2.22. The number of aromatic nitrogens is 1. The summed E-state index contributed by atoms with van der Waals surface area (Å²) in [6.45, 7) is 7.47. The summed E-state index contributed by atoms with van der Waals surface area (Å²) in [6.07, 6.45) is 5.94. The molecule has 2 nitrogen and oxygen atoms in total. The smallest absolute Gasteiger partial charge is 0.0321 e. The van der Waals surface area contributed by atoms with Crippen LogP contribution >= 0.6 is 0 Å². The summed E-state index contributed by atoms with van der Waals surface area (Å²) in [4.78, 5) is 6.35. The lowest BCUT2D eigenvalue weighted by Gasteiger charge is -2.23. The van der Waals surface area contributed by atoms with Crippen molar-refractivity contribution in [2.75, 3.05) is 13.6 Å². The Bertz CT molecular complexity index is 313. The number of hydrogen-bond donors (Lipinski definition) is 0. The zero-order chi connectivity index (χ0) is 11.3. The molecule has 0 saturated carbocycles. The minimum atomic E-state index is 0.434. The van der Waals surface area contributed by atoms with Crippen molar-refractivity contribution in [3.05, 3.63) is 41.7 Å². The Morgan fingerprint density at radius 2 is 2.00 bits per heavy atom. The van der Waals surface area contributed by atoms with Crippen LogP contribution in [0.2, 0.25) is 0 Å². The maximum Gasteiger partial charge on any atom is 0.0321 e. The van der Waals surface area contributed by atoms with Gasteiger partial charge in [-0.05, 0) is 45.5 Å². The average Bonchev–Trinajstić information content (AvgIpc) is 2.26. The fraction of sp³-hybridized carbons (Fsp3) is 0.462. The van der Waals surface area contributed by atoms with Gasteiger partial charge in [-0.3, -0.25) is 9.88 Å². The van der Waals surface area contributed by atoms with Gasteiger partial charge in [0, 0.05) is 25.0 Å². The molecule has 0 spiro atoms. The van der Waals surface area contributed by atoms with Crippen LogP contribution in [-0.4, -0.2) is 23.5 Å². The highest BCUT2D eigenvalue weighted by atomic mass is 15.1. The molecule has 0 aliphatic heterocycles. The molecular formula is C13H20N2. The Balaban J connectivity index is 2.61. The molecule has 0 radical (unpaired) electrons. The molecule has 1 rings (SSSR count). The van der Waals surface area contributed by atoms with Crippen molar-refractivity contribution >= 4 is 0 Å². The van der Waals surface area contributed by atoms with E-state index in [-0.39, 0.29) is 0 Å². The molecule has 1 unspecified atom stereocenters. The largest absolute Gasteiger partial charge is 0.296 e. The Kier molecular flexibility index (Phi) is 4.50. The van der Waals surface area contributed by atoms with Gasteiger partial charge in [0.15, 0.2) is 0 Å². The van der Waals surface area contributed by atoms with E-state index in [0.29, 0.717) is 6.04 Å². The summed E-state index contributed by atoms with van der Waals surface area (Å²) in [7, 11) is 2.14. The summed E-state index contributed by atoms with van der Waals surface area (Å²) in [5, 5.41) is 0. The van der Waals surface area contributed by atoms with Crippen LogP contribution in [0, 0.1) is 0 Å². The van der Waals surface area contributed by atoms with Gasteiger partial charge in [0.1, 0.15) is 0 Å². The van der Waals surface area contributed by atoms with Crippen LogP contribution in [0.25, 0.3) is 0 Å². The van der Waals surface area contributed by atoms with E-state index >= 15 is 0 Å². The van der Waals surface area contributed by atoms with Gasteiger partial charge in [-0.25, -0.2) is 0 Å². The first-order valence-corrected chi connectivity index (χ1v) is 5.35. The van der Waals surface area contributed by atoms with Crippen molar-refractivity contribution in [1.82, 2.24) is 9.88 Å². The monoisotopic (exact) mass is 204 g/mol. The fourth-order valence-corrected chi connectivity index (χ4v) is 1.38. The van der Waals surface area contributed by atoms with Gasteiger partial charge in [0.2, 0.25) is 0 Å². The third-order valence-electron chi connectivity index (χ3n) is 2.64. The van der Waals surface area contributed by atoms with Crippen molar-refractivity contribution in [3.8, 4) is 0 Å². The predicted molar refractivity (Wildman–Crippen MR) is 64.7 cm³/mol. The highest BCUT2D eigenvalue weighted by Gasteiger charge is 2.09. The van der Waals surface area contributed by atoms with Crippen LogP contribution in [0.1, 0.15) is 32.4 Å². The van der Waals surface area contributed by atoms with E-state index in [1.165, 1.54) is 11.1 Å². The standard InChI is InChI=1S/C13H20N2/c1-11(2)7-10-15(4)12(3)13-5-8-14-9-6-13/h5-9,12H,10H2,1-4H3. The normalized spacial score (nSPS) is 12.6. The second-order valence-corrected chi connectivity index (χ2v) is 4.18. The molecule has 1 atom stereocenters. The second kappa shape index (κ2) is 5.66. The zero-order valence-corrected chi connectivity index (χ0v) is 10.1. The van der Waals surface area contributed by atoms with Crippen molar-refractivity contribution in [2.24, 2.45) is 0 Å². The van der Waals surface area contributed by atoms with E-state index in [9.17, 15) is 0 Å². The quantitative estimate of drug-likeness (QED) is 0.701. The summed E-state index contributed by atoms with van der Waals surface area (Å²) in [5.41, 5.74) is 2.68. The first kappa shape index (κ1) is 11.9. The van der Waals surface area contributed by atoms with Crippen LogP contribution in [0.15, 0.2) is 36.2 Å². The number of allylic oxidation sites excluding steroid dienone is 1. The molecular weight excluding hydrogens is 184 g/mol. The minimum absolute atomic E-state index is 0.434. The lowest BCUT2D eigenvalue weighted by molar-refractivity contribution is 0.289. The molecule has 0 bridgehead atoms. The second-order valence-electron chi connectivity index (χ2n) is 4.18. The van der Waals surface area contributed by atoms with Crippen LogP contribution in [0.4, 0.5) is 0 Å². The maximum atomic E-state index is 4.03. The molecule has 1 heterocycles. The van der Waals surface area contributed by atoms with E-state index in [1.54, 1.807) is 0 Å². The zero-order valence-electron chi connectivity index (χ0n) is 10.1. The highest BCUT2D eigenvalue weighted by Crippen LogP contribution is 2.17. The van der Waals surface area contributed by atoms with Crippen LogP contribution < -0.4 is 0 Å². The third kappa shape index (κ3) is 3.84. The Morgan fingerprint density at radius 1 is 1.40 bits per heavy atom. The molecule has 15 heavy (non-hydrogen) atoms. The van der Waals surface area contributed by atoms with E-state index in [4.69, 9.17) is 0 Å². The molecule has 0 fully saturated rings. The molecule has 82 valence electrons. The molecule has 0 saturated heterocycles. The number of rotatable bonds is 4. The topological polar surface area (TPSA) is 16.1 Å². The first-order chi connectivity index (χ1) is 7.11. The van der Waals surface area contributed by atoms with Crippen molar-refractivity contribution in [3.63, 3.8) is 0 Å². The average molecular weight is 204 g/mol. The minimum Gasteiger partial charge on any atom is -0.296 e. The SMILES string of the molecule is CC(C)=CCN(C)C(C)c1ccncc1. The van der Waals surface area contributed by atoms with Gasteiger partial charge in [-0.1, -0.05) is 11.6 Å². The molecule has 0 aliphatic rings. The van der Waals surface area contributed by atoms with Gasteiger partial charge >= 0.3 is 0 Å². The number of pyridine rings is 1. The molecule has 0 aromatic carbocycles. The predicted octanol–water partition coefficient (Wildman–Crippen LogP) is 3.04. The molecule has 1 aromatic rings. The first-order valence-electron chi connectivity index (χ1n) is 5.35. The van der Waals surface area contributed by atoms with Gasteiger partial charge in [-0.15, -0.1) is 0 Å². The van der Waals surface area contributed by atoms with Crippen molar-refractivity contribution < 1.29 is 0 Å². The Labute approximate surface area is 92.6 Å². The molecule has 0 N–H and O–H groups in total. The van der Waals surface area contributed by atoms with Gasteiger partial charge in [0.05, 0.1) is 0 Å². The van der Waals surface area contributed by atoms with Crippen molar-refractivity contribution in [1.29, 1.82) is 0 Å². The summed E-state index contributed by atoms with van der Waals surface area (Å²) >= 11 is 0. The fourth-order valence-electron chi connectivity index (χ4n) is 1.38. The highest BCUT2D eigenvalue weighted by molar-refractivity contribution is 5.14. The molecule has 0 aliphatic carbocycles. The van der Waals surface area contributed by atoms with E-state index in [1.807, 2.05) is 12.4 Å².